The molecule has 1 aromatic carbocycles. The zero-order valence-corrected chi connectivity index (χ0v) is 13.4. The number of carbonyl (C=O) groups is 2. The molecule has 0 spiro atoms. The van der Waals surface area contributed by atoms with Gasteiger partial charge in [0.25, 0.3) is 0 Å². The van der Waals surface area contributed by atoms with Crippen LogP contribution in [0.25, 0.3) is 0 Å². The Kier molecular flexibility index (Phi) is 5.75. The van der Waals surface area contributed by atoms with Crippen molar-refractivity contribution in [2.45, 2.75) is 46.0 Å². The lowest BCUT2D eigenvalue weighted by Crippen LogP contribution is -2.36. The van der Waals surface area contributed by atoms with E-state index in [0.29, 0.717) is 12.2 Å². The summed E-state index contributed by atoms with van der Waals surface area (Å²) in [5.41, 5.74) is 4.15. The van der Waals surface area contributed by atoms with Gasteiger partial charge < -0.3 is 10.6 Å². The van der Waals surface area contributed by atoms with Crippen LogP contribution in [0.2, 0.25) is 0 Å². The monoisotopic (exact) mass is 300 g/mol. The number of allylic oxidation sites excluding steroid dienone is 1. The summed E-state index contributed by atoms with van der Waals surface area (Å²) in [6.07, 6.45) is 7.83. The first-order valence-electron chi connectivity index (χ1n) is 7.91. The van der Waals surface area contributed by atoms with Gasteiger partial charge in [-0.3, -0.25) is 9.59 Å². The molecule has 0 bridgehead atoms. The van der Waals surface area contributed by atoms with Crippen molar-refractivity contribution in [3.63, 3.8) is 0 Å². The molecular weight excluding hydrogens is 276 g/mol. The maximum absolute atomic E-state index is 11.9. The summed E-state index contributed by atoms with van der Waals surface area (Å²) in [5, 5.41) is 5.37. The molecule has 4 nitrogen and oxygen atoms in total. The van der Waals surface area contributed by atoms with Crippen LogP contribution in [0, 0.1) is 13.8 Å². The molecule has 0 radical (unpaired) electrons. The lowest BCUT2D eigenvalue weighted by Gasteiger charge is -2.13. The van der Waals surface area contributed by atoms with Gasteiger partial charge in [0.2, 0.25) is 0 Å². The standard InChI is InChI=1S/C18H24N2O2/c1-13-7-6-10-16(14(13)2)20-18(22)17(21)19-12-11-15-8-4-3-5-9-15/h6-8,10H,3-5,9,11-12H2,1-2H3,(H,19,21)(H,20,22). The van der Waals surface area contributed by atoms with Crippen LogP contribution in [0.4, 0.5) is 5.69 Å². The van der Waals surface area contributed by atoms with Crippen molar-refractivity contribution in [1.82, 2.24) is 5.32 Å². The molecule has 0 atom stereocenters. The zero-order valence-electron chi connectivity index (χ0n) is 13.4. The van der Waals surface area contributed by atoms with E-state index in [-0.39, 0.29) is 0 Å². The van der Waals surface area contributed by atoms with Crippen molar-refractivity contribution in [3.8, 4) is 0 Å². The molecule has 2 rings (SSSR count). The second-order valence-corrected chi connectivity index (χ2v) is 5.82. The van der Waals surface area contributed by atoms with Gasteiger partial charge >= 0.3 is 11.8 Å². The Bertz CT molecular complexity index is 591. The third-order valence-electron chi connectivity index (χ3n) is 4.18. The number of benzene rings is 1. The quantitative estimate of drug-likeness (QED) is 0.662. The van der Waals surface area contributed by atoms with Gasteiger partial charge in [0.15, 0.2) is 0 Å². The van der Waals surface area contributed by atoms with E-state index in [9.17, 15) is 9.59 Å². The maximum Gasteiger partial charge on any atom is 0.313 e. The summed E-state index contributed by atoms with van der Waals surface area (Å²) in [5.74, 6) is -1.18. The molecule has 1 aromatic rings. The van der Waals surface area contributed by atoms with Crippen LogP contribution in [0.1, 0.15) is 43.2 Å². The van der Waals surface area contributed by atoms with E-state index in [0.717, 1.165) is 30.4 Å². The highest BCUT2D eigenvalue weighted by atomic mass is 16.2. The topological polar surface area (TPSA) is 58.2 Å². The first-order valence-corrected chi connectivity index (χ1v) is 7.91. The molecular formula is C18H24N2O2. The molecule has 22 heavy (non-hydrogen) atoms. The third-order valence-corrected chi connectivity index (χ3v) is 4.18. The highest BCUT2D eigenvalue weighted by Gasteiger charge is 2.14. The van der Waals surface area contributed by atoms with Gasteiger partial charge in [-0.2, -0.15) is 0 Å². The summed E-state index contributed by atoms with van der Waals surface area (Å²) in [4.78, 5) is 23.8. The number of carbonyl (C=O) groups excluding carboxylic acids is 2. The molecule has 0 fully saturated rings. The number of anilines is 1. The molecule has 0 heterocycles. The lowest BCUT2D eigenvalue weighted by atomic mass is 9.97. The van der Waals surface area contributed by atoms with Gasteiger partial charge in [0.05, 0.1) is 0 Å². The average Bonchev–Trinajstić information content (AvgIpc) is 2.52. The Morgan fingerprint density at radius 3 is 2.68 bits per heavy atom. The third kappa shape index (κ3) is 4.45. The average molecular weight is 300 g/mol. The van der Waals surface area contributed by atoms with Crippen molar-refractivity contribution in [2.24, 2.45) is 0 Å². The van der Waals surface area contributed by atoms with Crippen molar-refractivity contribution in [1.29, 1.82) is 0 Å². The van der Waals surface area contributed by atoms with Gasteiger partial charge in [0, 0.05) is 12.2 Å². The summed E-state index contributed by atoms with van der Waals surface area (Å²) >= 11 is 0. The smallest absolute Gasteiger partial charge is 0.313 e. The lowest BCUT2D eigenvalue weighted by molar-refractivity contribution is -0.136. The first-order chi connectivity index (χ1) is 10.6. The second-order valence-electron chi connectivity index (χ2n) is 5.82. The Labute approximate surface area is 132 Å². The molecule has 1 aliphatic rings. The summed E-state index contributed by atoms with van der Waals surface area (Å²) < 4.78 is 0. The summed E-state index contributed by atoms with van der Waals surface area (Å²) in [6, 6.07) is 5.65. The van der Waals surface area contributed by atoms with Crippen LogP contribution in [0.5, 0.6) is 0 Å². The summed E-state index contributed by atoms with van der Waals surface area (Å²) in [7, 11) is 0. The number of hydrogen-bond donors (Lipinski definition) is 2. The molecule has 4 heteroatoms. The molecule has 0 saturated heterocycles. The van der Waals surface area contributed by atoms with Crippen LogP contribution >= 0.6 is 0 Å². The van der Waals surface area contributed by atoms with E-state index in [2.05, 4.69) is 16.7 Å². The molecule has 0 unspecified atom stereocenters. The zero-order chi connectivity index (χ0) is 15.9. The predicted octanol–water partition coefficient (Wildman–Crippen LogP) is 3.25. The van der Waals surface area contributed by atoms with Gasteiger partial charge in [-0.25, -0.2) is 0 Å². The summed E-state index contributed by atoms with van der Waals surface area (Å²) in [6.45, 7) is 4.42. The highest BCUT2D eigenvalue weighted by Crippen LogP contribution is 2.19. The van der Waals surface area contributed by atoms with E-state index in [1.165, 1.54) is 18.4 Å². The number of rotatable bonds is 4. The Morgan fingerprint density at radius 2 is 1.95 bits per heavy atom. The van der Waals surface area contributed by atoms with Crippen molar-refractivity contribution < 1.29 is 9.59 Å². The normalized spacial score (nSPS) is 14.2. The second kappa shape index (κ2) is 7.78. The van der Waals surface area contributed by atoms with Gasteiger partial charge in [-0.15, -0.1) is 0 Å². The van der Waals surface area contributed by atoms with Crippen LogP contribution in [0.3, 0.4) is 0 Å². The van der Waals surface area contributed by atoms with Crippen LogP contribution in [-0.4, -0.2) is 18.4 Å². The van der Waals surface area contributed by atoms with Crippen LogP contribution < -0.4 is 10.6 Å². The van der Waals surface area contributed by atoms with E-state index in [1.807, 2.05) is 26.0 Å². The SMILES string of the molecule is Cc1cccc(NC(=O)C(=O)NCCC2=CCCCC2)c1C. The fraction of sp³-hybridized carbons (Fsp3) is 0.444. The van der Waals surface area contributed by atoms with E-state index in [1.54, 1.807) is 6.07 Å². The molecule has 2 amide bonds. The first kappa shape index (κ1) is 16.3. The molecule has 0 aliphatic heterocycles. The molecule has 2 N–H and O–H groups in total. The van der Waals surface area contributed by atoms with Crippen molar-refractivity contribution in [3.05, 3.63) is 41.0 Å². The number of aryl methyl sites for hydroxylation is 1. The Hall–Kier alpha value is -2.10. The van der Waals surface area contributed by atoms with Gasteiger partial charge in [-0.05, 0) is 63.1 Å². The molecule has 0 saturated carbocycles. The minimum absolute atomic E-state index is 0.519. The minimum atomic E-state index is -0.605. The van der Waals surface area contributed by atoms with E-state index >= 15 is 0 Å². The maximum atomic E-state index is 11.9. The fourth-order valence-corrected chi connectivity index (χ4v) is 2.61. The van der Waals surface area contributed by atoms with Gasteiger partial charge in [-0.1, -0.05) is 23.8 Å². The van der Waals surface area contributed by atoms with Crippen molar-refractivity contribution >= 4 is 17.5 Å². The van der Waals surface area contributed by atoms with Crippen LogP contribution in [-0.2, 0) is 9.59 Å². The largest absolute Gasteiger partial charge is 0.348 e. The Morgan fingerprint density at radius 1 is 1.14 bits per heavy atom. The van der Waals surface area contributed by atoms with Crippen LogP contribution in [0.15, 0.2) is 29.8 Å². The predicted molar refractivity (Wildman–Crippen MR) is 88.7 cm³/mol. The Balaban J connectivity index is 1.80. The molecule has 0 aromatic heterocycles. The number of amides is 2. The minimum Gasteiger partial charge on any atom is -0.348 e. The molecule has 1 aliphatic carbocycles. The number of nitrogens with one attached hydrogen (secondary N) is 2. The van der Waals surface area contributed by atoms with Gasteiger partial charge in [0.1, 0.15) is 0 Å². The van der Waals surface area contributed by atoms with Crippen molar-refractivity contribution in [2.75, 3.05) is 11.9 Å². The van der Waals surface area contributed by atoms with E-state index in [4.69, 9.17) is 0 Å². The highest BCUT2D eigenvalue weighted by molar-refractivity contribution is 6.39. The fourth-order valence-electron chi connectivity index (χ4n) is 2.61. The molecule has 118 valence electrons. The van der Waals surface area contributed by atoms with E-state index < -0.39 is 11.8 Å². The number of hydrogen-bond acceptors (Lipinski definition) is 2.